The van der Waals surface area contributed by atoms with Gasteiger partial charge in [0.15, 0.2) is 5.60 Å². The van der Waals surface area contributed by atoms with Gasteiger partial charge in [-0.25, -0.2) is 0 Å². The first kappa shape index (κ1) is 9.80. The first-order valence-electron chi connectivity index (χ1n) is 3.33. The van der Waals surface area contributed by atoms with Crippen molar-refractivity contribution >= 4 is 16.8 Å². The molecule has 0 aromatic heterocycles. The summed E-state index contributed by atoms with van der Waals surface area (Å²) < 4.78 is 38.7. The smallest absolute Gasteiger partial charge is 0.278 e. The molecule has 1 rings (SSSR count). The van der Waals surface area contributed by atoms with Crippen molar-refractivity contribution < 1.29 is 22.7 Å². The topological polar surface area (TPSA) is 26.3 Å². The fourth-order valence-electron chi connectivity index (χ4n) is 1.06. The molecule has 1 aliphatic carbocycles. The van der Waals surface area contributed by atoms with Gasteiger partial charge in [0.2, 0.25) is 0 Å². The maximum atomic E-state index is 11.7. The average Bonchev–Trinajstić information content (AvgIpc) is 1.75. The fraction of sp³-hybridized carbons (Fsp3) is 0.833. The third kappa shape index (κ3) is 1.90. The van der Waals surface area contributed by atoms with E-state index in [1.54, 1.807) is 0 Å². The second-order valence-electron chi connectivity index (χ2n) is 2.67. The lowest BCUT2D eigenvalue weighted by Gasteiger charge is -2.37. The van der Waals surface area contributed by atoms with Crippen LogP contribution in [0.15, 0.2) is 0 Å². The summed E-state index contributed by atoms with van der Waals surface area (Å²) in [5, 5.41) is -1.06. The van der Waals surface area contributed by atoms with Gasteiger partial charge in [-0.2, -0.15) is 0 Å². The maximum Gasteiger partial charge on any atom is 0.523 e. The van der Waals surface area contributed by atoms with Gasteiger partial charge in [0.05, 0.1) is 0 Å². The minimum atomic E-state index is -4.79. The average molecular weight is 203 g/mol. The van der Waals surface area contributed by atoms with E-state index < -0.39 is 17.2 Å². The molecule has 0 heterocycles. The Labute approximate surface area is 71.6 Å². The molecule has 0 aliphatic heterocycles. The highest BCUT2D eigenvalue weighted by atomic mass is 35.5. The maximum absolute atomic E-state index is 11.7. The molecule has 0 atom stereocenters. The van der Waals surface area contributed by atoms with E-state index in [-0.39, 0.29) is 12.8 Å². The highest BCUT2D eigenvalue weighted by Crippen LogP contribution is 2.41. The standard InChI is InChI=1S/C6H6ClF3O2/c7-4(11)5(2-1-3-5)12-6(8,9)10/h1-3H2. The number of carbonyl (C=O) groups excluding carboxylic acids is 1. The normalized spacial score (nSPS) is 21.7. The Morgan fingerprint density at radius 3 is 2.00 bits per heavy atom. The van der Waals surface area contributed by atoms with E-state index >= 15 is 0 Å². The number of rotatable bonds is 2. The first-order valence-corrected chi connectivity index (χ1v) is 3.70. The molecule has 0 aromatic carbocycles. The third-order valence-corrected chi connectivity index (χ3v) is 2.17. The van der Waals surface area contributed by atoms with Gasteiger partial charge in [-0.1, -0.05) is 0 Å². The van der Waals surface area contributed by atoms with E-state index in [4.69, 9.17) is 11.6 Å². The van der Waals surface area contributed by atoms with E-state index in [0.717, 1.165) is 0 Å². The molecule has 0 aromatic rings. The van der Waals surface area contributed by atoms with E-state index in [1.807, 2.05) is 0 Å². The van der Waals surface area contributed by atoms with E-state index in [1.165, 1.54) is 0 Å². The van der Waals surface area contributed by atoms with Crippen molar-refractivity contribution in [2.45, 2.75) is 31.2 Å². The number of alkyl halides is 3. The van der Waals surface area contributed by atoms with Crippen LogP contribution in [0.3, 0.4) is 0 Å². The molecule has 1 saturated carbocycles. The van der Waals surface area contributed by atoms with Crippen LogP contribution in [0, 0.1) is 0 Å². The SMILES string of the molecule is O=C(Cl)C1(OC(F)(F)F)CCC1. The molecule has 70 valence electrons. The van der Waals surface area contributed by atoms with Crippen molar-refractivity contribution in [3.8, 4) is 0 Å². The lowest BCUT2D eigenvalue weighted by atomic mass is 9.81. The molecule has 0 unspecified atom stereocenters. The largest absolute Gasteiger partial charge is 0.523 e. The summed E-state index contributed by atoms with van der Waals surface area (Å²) in [4.78, 5) is 10.6. The second kappa shape index (κ2) is 2.88. The zero-order valence-electron chi connectivity index (χ0n) is 5.95. The molecular formula is C6H6ClF3O2. The molecule has 0 spiro atoms. The molecule has 0 radical (unpaired) electrons. The van der Waals surface area contributed by atoms with Crippen LogP contribution < -0.4 is 0 Å². The van der Waals surface area contributed by atoms with Gasteiger partial charge >= 0.3 is 6.36 Å². The minimum Gasteiger partial charge on any atom is -0.278 e. The molecule has 1 fully saturated rings. The second-order valence-corrected chi connectivity index (χ2v) is 3.01. The summed E-state index contributed by atoms with van der Waals surface area (Å²) in [5.74, 6) is 0. The lowest BCUT2D eigenvalue weighted by molar-refractivity contribution is -0.368. The Hall–Kier alpha value is -0.290. The zero-order chi connectivity index (χ0) is 9.41. The minimum absolute atomic E-state index is 0.0504. The molecule has 0 bridgehead atoms. The van der Waals surface area contributed by atoms with Crippen molar-refractivity contribution in [1.82, 2.24) is 0 Å². The molecule has 6 heteroatoms. The summed E-state index contributed by atoms with van der Waals surface area (Å²) in [6, 6.07) is 0. The van der Waals surface area contributed by atoms with Gasteiger partial charge < -0.3 is 0 Å². The molecule has 0 saturated heterocycles. The number of carbonyl (C=O) groups is 1. The van der Waals surface area contributed by atoms with Crippen LogP contribution in [0.25, 0.3) is 0 Å². The van der Waals surface area contributed by atoms with Gasteiger partial charge in [-0.05, 0) is 30.9 Å². The van der Waals surface area contributed by atoms with E-state index in [9.17, 15) is 18.0 Å². The van der Waals surface area contributed by atoms with E-state index in [2.05, 4.69) is 4.74 Å². The van der Waals surface area contributed by atoms with Crippen LogP contribution in [0.2, 0.25) is 0 Å². The fourth-order valence-corrected chi connectivity index (χ4v) is 1.29. The van der Waals surface area contributed by atoms with Crippen LogP contribution in [-0.2, 0) is 9.53 Å². The Kier molecular flexibility index (Phi) is 2.35. The summed E-state index contributed by atoms with van der Waals surface area (Å²) >= 11 is 4.98. The zero-order valence-corrected chi connectivity index (χ0v) is 6.71. The molecule has 1 aliphatic rings. The quantitative estimate of drug-likeness (QED) is 0.642. The van der Waals surface area contributed by atoms with Crippen LogP contribution in [-0.4, -0.2) is 17.2 Å². The third-order valence-electron chi connectivity index (χ3n) is 1.83. The number of ether oxygens (including phenoxy) is 1. The number of halogens is 4. The summed E-state index contributed by atoms with van der Waals surface area (Å²) in [5.41, 5.74) is -1.79. The Bertz CT molecular complexity index is 197. The molecule has 12 heavy (non-hydrogen) atoms. The van der Waals surface area contributed by atoms with Gasteiger partial charge in [0, 0.05) is 0 Å². The highest BCUT2D eigenvalue weighted by molar-refractivity contribution is 6.65. The summed E-state index contributed by atoms with van der Waals surface area (Å²) in [6.45, 7) is 0. The lowest BCUT2D eigenvalue weighted by Crippen LogP contribution is -2.49. The summed E-state index contributed by atoms with van der Waals surface area (Å²) in [7, 11) is 0. The van der Waals surface area contributed by atoms with Crippen LogP contribution >= 0.6 is 11.6 Å². The van der Waals surface area contributed by atoms with Gasteiger partial charge in [-0.15, -0.1) is 13.2 Å². The van der Waals surface area contributed by atoms with Crippen molar-refractivity contribution in [1.29, 1.82) is 0 Å². The van der Waals surface area contributed by atoms with Crippen molar-refractivity contribution in [3.63, 3.8) is 0 Å². The van der Waals surface area contributed by atoms with Gasteiger partial charge in [-0.3, -0.25) is 9.53 Å². The summed E-state index contributed by atoms with van der Waals surface area (Å²) in [6.07, 6.45) is -4.15. The van der Waals surface area contributed by atoms with E-state index in [0.29, 0.717) is 6.42 Å². The van der Waals surface area contributed by atoms with Crippen molar-refractivity contribution in [2.24, 2.45) is 0 Å². The van der Waals surface area contributed by atoms with Gasteiger partial charge in [0.1, 0.15) is 0 Å². The molecular weight excluding hydrogens is 197 g/mol. The Balaban J connectivity index is 2.63. The molecule has 0 amide bonds. The predicted octanol–water partition coefficient (Wildman–Crippen LogP) is 2.21. The van der Waals surface area contributed by atoms with Crippen molar-refractivity contribution in [3.05, 3.63) is 0 Å². The van der Waals surface area contributed by atoms with Crippen LogP contribution in [0.1, 0.15) is 19.3 Å². The Morgan fingerprint density at radius 1 is 1.42 bits per heavy atom. The monoisotopic (exact) mass is 202 g/mol. The number of hydrogen-bond acceptors (Lipinski definition) is 2. The first-order chi connectivity index (χ1) is 5.36. The van der Waals surface area contributed by atoms with Crippen LogP contribution in [0.4, 0.5) is 13.2 Å². The van der Waals surface area contributed by atoms with Crippen LogP contribution in [0.5, 0.6) is 0 Å². The molecule has 0 N–H and O–H groups in total. The molecule has 2 nitrogen and oxygen atoms in total. The highest BCUT2D eigenvalue weighted by Gasteiger charge is 2.52. The Morgan fingerprint density at radius 2 is 1.92 bits per heavy atom. The number of hydrogen-bond donors (Lipinski definition) is 0. The predicted molar refractivity (Wildman–Crippen MR) is 34.6 cm³/mol. The van der Waals surface area contributed by atoms with Gasteiger partial charge in [0.25, 0.3) is 5.24 Å². The van der Waals surface area contributed by atoms with Crippen molar-refractivity contribution in [2.75, 3.05) is 0 Å².